The molecule has 214 valence electrons. The van der Waals surface area contributed by atoms with Gasteiger partial charge in [0, 0.05) is 0 Å². The fourth-order valence-electron chi connectivity index (χ4n) is 4.79. The molecule has 0 unspecified atom stereocenters. The Morgan fingerprint density at radius 1 is 0.744 bits per heavy atom. The summed E-state index contributed by atoms with van der Waals surface area (Å²) < 4.78 is 17.1. The van der Waals surface area contributed by atoms with Gasteiger partial charge in [-0.2, -0.15) is 0 Å². The van der Waals surface area contributed by atoms with Crippen LogP contribution >= 0.6 is 11.8 Å². The first-order valence-electron chi connectivity index (χ1n) is 13.9. The smallest absolute Gasteiger partial charge is 0.267 e. The van der Waals surface area contributed by atoms with Gasteiger partial charge in [-0.3, -0.25) is 9.69 Å². The SMILES string of the molecule is COc1ccc(CN2C(=O)/C(=C/c3ccc(OCc4ccc5ccccc5c4)c(OC)c3)SC2=Nc2ccccc2)cc1. The van der Waals surface area contributed by atoms with Crippen molar-refractivity contribution >= 4 is 45.4 Å². The van der Waals surface area contributed by atoms with Crippen LogP contribution in [0.1, 0.15) is 16.7 Å². The minimum absolute atomic E-state index is 0.105. The largest absolute Gasteiger partial charge is 0.497 e. The zero-order valence-electron chi connectivity index (χ0n) is 23.9. The van der Waals surface area contributed by atoms with E-state index < -0.39 is 0 Å². The number of amides is 1. The Labute approximate surface area is 255 Å². The van der Waals surface area contributed by atoms with E-state index in [0.717, 1.165) is 28.1 Å². The fourth-order valence-corrected chi connectivity index (χ4v) is 5.79. The number of thioether (sulfide) groups is 1. The summed E-state index contributed by atoms with van der Waals surface area (Å²) in [6, 6.07) is 37.6. The first-order valence-corrected chi connectivity index (χ1v) is 14.7. The number of rotatable bonds is 9. The maximum absolute atomic E-state index is 13.7. The molecule has 1 amide bonds. The third kappa shape index (κ3) is 6.58. The standard InChI is InChI=1S/C36H30N2O4S/c1-40-31-17-13-25(14-18-31)23-38-35(39)34(43-36(38)37-30-10-4-3-5-11-30)22-26-15-19-32(33(21-26)41-2)42-24-27-12-16-28-8-6-7-9-29(28)20-27/h3-22H,23-24H2,1-2H3/b34-22-,37-36?. The van der Waals surface area contributed by atoms with Crippen LogP contribution in [0.3, 0.4) is 0 Å². The summed E-state index contributed by atoms with van der Waals surface area (Å²) in [5, 5.41) is 2.99. The number of para-hydroxylation sites is 1. The number of hydrogen-bond acceptors (Lipinski definition) is 6. The zero-order valence-corrected chi connectivity index (χ0v) is 24.7. The van der Waals surface area contributed by atoms with Crippen molar-refractivity contribution in [1.82, 2.24) is 4.90 Å². The van der Waals surface area contributed by atoms with E-state index in [1.165, 1.54) is 22.5 Å². The van der Waals surface area contributed by atoms with E-state index in [4.69, 9.17) is 19.2 Å². The highest BCUT2D eigenvalue weighted by Crippen LogP contribution is 2.37. The first-order chi connectivity index (χ1) is 21.1. The Morgan fingerprint density at radius 3 is 2.26 bits per heavy atom. The van der Waals surface area contributed by atoms with E-state index >= 15 is 0 Å². The number of ether oxygens (including phenoxy) is 3. The lowest BCUT2D eigenvalue weighted by Crippen LogP contribution is -2.28. The van der Waals surface area contributed by atoms with Crippen molar-refractivity contribution in [2.24, 2.45) is 4.99 Å². The molecular weight excluding hydrogens is 556 g/mol. The number of nitrogens with zero attached hydrogens (tertiary/aromatic N) is 2. The summed E-state index contributed by atoms with van der Waals surface area (Å²) >= 11 is 1.36. The molecule has 5 aromatic carbocycles. The zero-order chi connectivity index (χ0) is 29.6. The lowest BCUT2D eigenvalue weighted by molar-refractivity contribution is -0.122. The van der Waals surface area contributed by atoms with Crippen LogP contribution in [0.2, 0.25) is 0 Å². The maximum atomic E-state index is 13.7. The molecule has 7 heteroatoms. The molecule has 0 radical (unpaired) electrons. The van der Waals surface area contributed by atoms with Gasteiger partial charge in [-0.05, 0) is 87.8 Å². The predicted octanol–water partition coefficient (Wildman–Crippen LogP) is 8.24. The first kappa shape index (κ1) is 28.1. The van der Waals surface area contributed by atoms with E-state index in [1.54, 1.807) is 19.1 Å². The van der Waals surface area contributed by atoms with E-state index in [9.17, 15) is 4.79 Å². The maximum Gasteiger partial charge on any atom is 0.267 e. The summed E-state index contributed by atoms with van der Waals surface area (Å²) in [6.45, 7) is 0.805. The molecule has 0 aromatic heterocycles. The molecule has 6 rings (SSSR count). The summed E-state index contributed by atoms with van der Waals surface area (Å²) in [4.78, 5) is 20.8. The van der Waals surface area contributed by atoms with Gasteiger partial charge in [0.2, 0.25) is 0 Å². The van der Waals surface area contributed by atoms with Crippen molar-refractivity contribution in [2.75, 3.05) is 14.2 Å². The molecule has 1 fully saturated rings. The van der Waals surface area contributed by atoms with Gasteiger partial charge >= 0.3 is 0 Å². The van der Waals surface area contributed by atoms with Crippen molar-refractivity contribution in [1.29, 1.82) is 0 Å². The van der Waals surface area contributed by atoms with Crippen molar-refractivity contribution in [3.63, 3.8) is 0 Å². The Morgan fingerprint density at radius 2 is 1.49 bits per heavy atom. The average Bonchev–Trinajstić information content (AvgIpc) is 3.33. The molecule has 5 aromatic rings. The van der Waals surface area contributed by atoms with Crippen molar-refractivity contribution < 1.29 is 19.0 Å². The van der Waals surface area contributed by atoms with E-state index in [1.807, 2.05) is 91.0 Å². The second-order valence-electron chi connectivity index (χ2n) is 9.96. The molecule has 0 aliphatic carbocycles. The second-order valence-corrected chi connectivity index (χ2v) is 11.0. The molecule has 43 heavy (non-hydrogen) atoms. The predicted molar refractivity (Wildman–Crippen MR) is 174 cm³/mol. The van der Waals surface area contributed by atoms with Crippen molar-refractivity contribution in [3.05, 3.63) is 137 Å². The van der Waals surface area contributed by atoms with Gasteiger partial charge in [-0.1, -0.05) is 72.8 Å². The van der Waals surface area contributed by atoms with E-state index in [0.29, 0.717) is 34.7 Å². The molecule has 1 aliphatic heterocycles. The van der Waals surface area contributed by atoms with Crippen LogP contribution in [0, 0.1) is 0 Å². The third-order valence-electron chi connectivity index (χ3n) is 7.06. The number of benzene rings is 5. The average molecular weight is 587 g/mol. The normalized spacial score (nSPS) is 14.9. The van der Waals surface area contributed by atoms with Crippen molar-refractivity contribution in [3.8, 4) is 17.2 Å². The number of carbonyl (C=O) groups is 1. The van der Waals surface area contributed by atoms with Crippen LogP contribution in [0.25, 0.3) is 16.8 Å². The van der Waals surface area contributed by atoms with E-state index in [2.05, 4.69) is 30.3 Å². The molecule has 1 saturated heterocycles. The summed E-state index contributed by atoms with van der Waals surface area (Å²) in [5.41, 5.74) is 3.66. The quantitative estimate of drug-likeness (QED) is 0.163. The minimum atomic E-state index is -0.105. The molecule has 0 bridgehead atoms. The number of fused-ring (bicyclic) bond motifs is 1. The molecule has 1 heterocycles. The molecule has 0 spiro atoms. The number of methoxy groups -OCH3 is 2. The Bertz CT molecular complexity index is 1820. The topological polar surface area (TPSA) is 60.4 Å². The Balaban J connectivity index is 1.23. The lowest BCUT2D eigenvalue weighted by atomic mass is 10.1. The minimum Gasteiger partial charge on any atom is -0.497 e. The number of amidine groups is 1. The number of hydrogen-bond donors (Lipinski definition) is 0. The Hall–Kier alpha value is -5.01. The number of carbonyl (C=O) groups excluding carboxylic acids is 1. The summed E-state index contributed by atoms with van der Waals surface area (Å²) in [6.07, 6.45) is 1.87. The fraction of sp³-hybridized carbons (Fsp3) is 0.111. The number of aliphatic imine (C=N–C) groups is 1. The second kappa shape index (κ2) is 12.9. The highest BCUT2D eigenvalue weighted by Gasteiger charge is 2.33. The van der Waals surface area contributed by atoms with E-state index in [-0.39, 0.29) is 5.91 Å². The lowest BCUT2D eigenvalue weighted by Gasteiger charge is -2.16. The van der Waals surface area contributed by atoms with Gasteiger partial charge in [-0.15, -0.1) is 0 Å². The molecular formula is C36H30N2O4S. The van der Waals surface area contributed by atoms with Crippen LogP contribution < -0.4 is 14.2 Å². The Kier molecular flexibility index (Phi) is 8.42. The van der Waals surface area contributed by atoms with Crippen LogP contribution in [0.4, 0.5) is 5.69 Å². The van der Waals surface area contributed by atoms with Gasteiger partial charge in [-0.25, -0.2) is 4.99 Å². The highest BCUT2D eigenvalue weighted by molar-refractivity contribution is 8.18. The van der Waals surface area contributed by atoms with Gasteiger partial charge in [0.25, 0.3) is 5.91 Å². The third-order valence-corrected chi connectivity index (χ3v) is 8.07. The van der Waals surface area contributed by atoms with Gasteiger partial charge in [0.15, 0.2) is 16.7 Å². The van der Waals surface area contributed by atoms with Crippen LogP contribution in [-0.4, -0.2) is 30.2 Å². The van der Waals surface area contributed by atoms with Gasteiger partial charge in [0.1, 0.15) is 12.4 Å². The van der Waals surface area contributed by atoms with Crippen LogP contribution in [0.5, 0.6) is 17.2 Å². The molecule has 0 saturated carbocycles. The van der Waals surface area contributed by atoms with Crippen molar-refractivity contribution in [2.45, 2.75) is 13.2 Å². The highest BCUT2D eigenvalue weighted by atomic mass is 32.2. The molecule has 0 atom stereocenters. The molecule has 6 nitrogen and oxygen atoms in total. The molecule has 1 aliphatic rings. The van der Waals surface area contributed by atoms with Crippen LogP contribution in [0.15, 0.2) is 125 Å². The monoisotopic (exact) mass is 586 g/mol. The van der Waals surface area contributed by atoms with Gasteiger partial charge < -0.3 is 14.2 Å². The summed E-state index contributed by atoms with van der Waals surface area (Å²) in [5.74, 6) is 1.89. The van der Waals surface area contributed by atoms with Crippen LogP contribution in [-0.2, 0) is 17.9 Å². The molecule has 0 N–H and O–H groups in total. The van der Waals surface area contributed by atoms with Gasteiger partial charge in [0.05, 0.1) is 31.4 Å². The summed E-state index contributed by atoms with van der Waals surface area (Å²) in [7, 11) is 3.25.